The molecule has 0 heterocycles. The SMILES string of the molecule is CCCCOP(=O)([O-])C(=O)OC. The van der Waals surface area contributed by atoms with E-state index in [1.807, 2.05) is 6.92 Å². The van der Waals surface area contributed by atoms with Crippen LogP contribution < -0.4 is 4.89 Å². The summed E-state index contributed by atoms with van der Waals surface area (Å²) < 4.78 is 19.1. The monoisotopic (exact) mass is 195 g/mol. The summed E-state index contributed by atoms with van der Waals surface area (Å²) in [5.41, 5.74) is -1.32. The van der Waals surface area contributed by atoms with Crippen LogP contribution in [0.5, 0.6) is 0 Å². The molecule has 0 saturated carbocycles. The predicted octanol–water partition coefficient (Wildman–Crippen LogP) is 1.12. The number of carbonyl (C=O) groups excluding carboxylic acids is 1. The summed E-state index contributed by atoms with van der Waals surface area (Å²) in [7, 11) is -3.43. The van der Waals surface area contributed by atoms with Gasteiger partial charge in [-0.15, -0.1) is 0 Å². The maximum atomic E-state index is 10.8. The Morgan fingerprint density at radius 2 is 2.17 bits per heavy atom. The third-order valence-corrected chi connectivity index (χ3v) is 2.31. The molecule has 72 valence electrons. The van der Waals surface area contributed by atoms with Gasteiger partial charge in [0.05, 0.1) is 13.7 Å². The van der Waals surface area contributed by atoms with E-state index < -0.39 is 13.3 Å². The smallest absolute Gasteiger partial charge is 0.376 e. The molecule has 0 rings (SSSR count). The molecule has 0 aromatic carbocycles. The van der Waals surface area contributed by atoms with Crippen molar-refractivity contribution in [2.24, 2.45) is 0 Å². The average molecular weight is 195 g/mol. The molecule has 0 bridgehead atoms. The van der Waals surface area contributed by atoms with Crippen molar-refractivity contribution in [3.05, 3.63) is 0 Å². The molecular weight excluding hydrogens is 183 g/mol. The predicted molar refractivity (Wildman–Crippen MR) is 40.9 cm³/mol. The van der Waals surface area contributed by atoms with Crippen molar-refractivity contribution in [1.29, 1.82) is 0 Å². The minimum absolute atomic E-state index is 0.0341. The molecule has 0 aromatic heterocycles. The molecular formula is C6H12O5P-. The van der Waals surface area contributed by atoms with E-state index in [-0.39, 0.29) is 6.61 Å². The highest BCUT2D eigenvalue weighted by molar-refractivity contribution is 7.69. The van der Waals surface area contributed by atoms with Gasteiger partial charge in [-0.25, -0.2) is 4.79 Å². The third-order valence-electron chi connectivity index (χ3n) is 1.16. The Kier molecular flexibility index (Phi) is 5.13. The topological polar surface area (TPSA) is 75.7 Å². The number of carbonyl (C=O) groups is 1. The lowest BCUT2D eigenvalue weighted by atomic mass is 10.4. The van der Waals surface area contributed by atoms with Crippen molar-refractivity contribution < 1.29 is 23.5 Å². The van der Waals surface area contributed by atoms with Crippen molar-refractivity contribution >= 4 is 13.3 Å². The van der Waals surface area contributed by atoms with Gasteiger partial charge in [-0.2, -0.15) is 0 Å². The number of ether oxygens (including phenoxy) is 1. The Morgan fingerprint density at radius 3 is 2.58 bits per heavy atom. The van der Waals surface area contributed by atoms with Crippen molar-refractivity contribution in [2.75, 3.05) is 13.7 Å². The summed E-state index contributed by atoms with van der Waals surface area (Å²) in [5, 5.41) is 0. The van der Waals surface area contributed by atoms with Crippen LogP contribution in [0.2, 0.25) is 0 Å². The zero-order valence-electron chi connectivity index (χ0n) is 7.11. The summed E-state index contributed by atoms with van der Waals surface area (Å²) in [5.74, 6) is 0. The van der Waals surface area contributed by atoms with E-state index in [4.69, 9.17) is 0 Å². The molecule has 1 unspecified atom stereocenters. The van der Waals surface area contributed by atoms with Crippen molar-refractivity contribution in [2.45, 2.75) is 19.8 Å². The van der Waals surface area contributed by atoms with E-state index >= 15 is 0 Å². The quantitative estimate of drug-likeness (QED) is 0.485. The highest BCUT2D eigenvalue weighted by atomic mass is 31.2. The van der Waals surface area contributed by atoms with Gasteiger partial charge >= 0.3 is 5.71 Å². The molecule has 0 aliphatic carbocycles. The lowest BCUT2D eigenvalue weighted by molar-refractivity contribution is -0.195. The molecule has 0 spiro atoms. The van der Waals surface area contributed by atoms with Gasteiger partial charge < -0.3 is 14.2 Å². The fourth-order valence-corrected chi connectivity index (χ4v) is 1.19. The fraction of sp³-hybridized carbons (Fsp3) is 0.833. The number of unbranched alkanes of at least 4 members (excludes halogenated alkanes) is 1. The molecule has 0 amide bonds. The molecule has 0 aliphatic heterocycles. The molecule has 1 atom stereocenters. The second-order valence-corrected chi connectivity index (χ2v) is 3.77. The lowest BCUT2D eigenvalue weighted by Gasteiger charge is -2.19. The first-order valence-electron chi connectivity index (χ1n) is 3.58. The fourth-order valence-electron chi connectivity index (χ4n) is 0.494. The van der Waals surface area contributed by atoms with Crippen LogP contribution in [0, 0.1) is 0 Å². The van der Waals surface area contributed by atoms with Gasteiger partial charge in [0.15, 0.2) is 0 Å². The van der Waals surface area contributed by atoms with Crippen LogP contribution in [-0.2, 0) is 13.8 Å². The van der Waals surface area contributed by atoms with Crippen LogP contribution in [0.4, 0.5) is 4.79 Å². The molecule has 0 radical (unpaired) electrons. The lowest BCUT2D eigenvalue weighted by Crippen LogP contribution is -2.14. The number of rotatable bonds is 5. The van der Waals surface area contributed by atoms with E-state index in [2.05, 4.69) is 9.26 Å². The van der Waals surface area contributed by atoms with Gasteiger partial charge in [0.25, 0.3) is 0 Å². The van der Waals surface area contributed by atoms with Crippen LogP contribution in [0.3, 0.4) is 0 Å². The second-order valence-electron chi connectivity index (χ2n) is 2.15. The minimum Gasteiger partial charge on any atom is -0.770 e. The van der Waals surface area contributed by atoms with Gasteiger partial charge in [0.1, 0.15) is 0 Å². The molecule has 0 aliphatic rings. The van der Waals surface area contributed by atoms with Crippen LogP contribution >= 0.6 is 7.60 Å². The van der Waals surface area contributed by atoms with E-state index in [0.29, 0.717) is 6.42 Å². The van der Waals surface area contributed by atoms with Crippen LogP contribution in [-0.4, -0.2) is 19.4 Å². The molecule has 0 N–H and O–H groups in total. The first kappa shape index (κ1) is 11.6. The normalized spacial score (nSPS) is 15.2. The van der Waals surface area contributed by atoms with Gasteiger partial charge in [-0.05, 0) is 6.42 Å². The van der Waals surface area contributed by atoms with Crippen LogP contribution in [0.15, 0.2) is 0 Å². The van der Waals surface area contributed by atoms with Gasteiger partial charge in [-0.3, -0.25) is 4.57 Å². The minimum atomic E-state index is -4.42. The Labute approximate surface area is 71.2 Å². The second kappa shape index (κ2) is 5.30. The van der Waals surface area contributed by atoms with Crippen molar-refractivity contribution in [1.82, 2.24) is 0 Å². The van der Waals surface area contributed by atoms with Crippen LogP contribution in [0.25, 0.3) is 0 Å². The third kappa shape index (κ3) is 3.85. The maximum Gasteiger partial charge on any atom is 0.376 e. The van der Waals surface area contributed by atoms with Gasteiger partial charge in [-0.1, -0.05) is 13.3 Å². The Morgan fingerprint density at radius 1 is 1.58 bits per heavy atom. The summed E-state index contributed by atoms with van der Waals surface area (Å²) in [4.78, 5) is 21.3. The summed E-state index contributed by atoms with van der Waals surface area (Å²) in [6, 6.07) is 0. The van der Waals surface area contributed by atoms with Crippen molar-refractivity contribution in [3.8, 4) is 0 Å². The average Bonchev–Trinajstić information content (AvgIpc) is 2.03. The van der Waals surface area contributed by atoms with Gasteiger partial charge in [0.2, 0.25) is 7.60 Å². The Bertz CT molecular complexity index is 190. The number of hydrogen-bond acceptors (Lipinski definition) is 5. The maximum absolute atomic E-state index is 10.8. The van der Waals surface area contributed by atoms with E-state index in [1.165, 1.54) is 0 Å². The van der Waals surface area contributed by atoms with E-state index in [9.17, 15) is 14.3 Å². The zero-order valence-corrected chi connectivity index (χ0v) is 8.00. The molecule has 12 heavy (non-hydrogen) atoms. The number of hydrogen-bond donors (Lipinski definition) is 0. The molecule has 6 heteroatoms. The van der Waals surface area contributed by atoms with Crippen molar-refractivity contribution in [3.63, 3.8) is 0 Å². The number of methoxy groups -OCH3 is 1. The summed E-state index contributed by atoms with van der Waals surface area (Å²) in [6.45, 7) is 1.92. The van der Waals surface area contributed by atoms with Gasteiger partial charge in [0, 0.05) is 0 Å². The molecule has 0 saturated heterocycles. The first-order valence-corrected chi connectivity index (χ1v) is 5.13. The summed E-state index contributed by atoms with van der Waals surface area (Å²) >= 11 is 0. The van der Waals surface area contributed by atoms with E-state index in [1.54, 1.807) is 0 Å². The van der Waals surface area contributed by atoms with Crippen LogP contribution in [0.1, 0.15) is 19.8 Å². The molecule has 0 aromatic rings. The standard InChI is InChI=1S/C6H13O5P/c1-3-4-5-11-12(8,9)6(7)10-2/h3-5H2,1-2H3,(H,8,9)/p-1. The summed E-state index contributed by atoms with van der Waals surface area (Å²) in [6.07, 6.45) is 1.41. The largest absolute Gasteiger partial charge is 0.770 e. The molecule has 5 nitrogen and oxygen atoms in total. The Balaban J connectivity index is 3.88. The van der Waals surface area contributed by atoms with E-state index in [0.717, 1.165) is 13.5 Å². The molecule has 0 fully saturated rings. The highest BCUT2D eigenvalue weighted by Crippen LogP contribution is 2.38. The Hall–Kier alpha value is -0.380. The zero-order chi connectivity index (χ0) is 9.61. The highest BCUT2D eigenvalue weighted by Gasteiger charge is 2.19. The first-order chi connectivity index (χ1) is 5.54.